The van der Waals surface area contributed by atoms with E-state index in [-0.39, 0.29) is 10.8 Å². The van der Waals surface area contributed by atoms with Crippen LogP contribution in [0, 0.1) is 5.92 Å². The summed E-state index contributed by atoms with van der Waals surface area (Å²) in [5.41, 5.74) is 0.336. The number of carbonyl (C=O) groups is 1. The van der Waals surface area contributed by atoms with E-state index in [2.05, 4.69) is 6.92 Å². The van der Waals surface area contributed by atoms with Crippen LogP contribution in [-0.2, 0) is 10.0 Å². The minimum atomic E-state index is -3.60. The molecule has 1 aromatic carbocycles. The van der Waals surface area contributed by atoms with Crippen molar-refractivity contribution in [1.29, 1.82) is 0 Å². The molecule has 0 spiro atoms. The molecule has 0 radical (unpaired) electrons. The minimum absolute atomic E-state index is 0.147. The molecule has 1 amide bonds. The first-order valence-corrected chi connectivity index (χ1v) is 11.3. The highest BCUT2D eigenvalue weighted by molar-refractivity contribution is 7.89. The van der Waals surface area contributed by atoms with Crippen LogP contribution in [0.15, 0.2) is 23.1 Å². The van der Waals surface area contributed by atoms with E-state index in [9.17, 15) is 13.2 Å². The smallest absolute Gasteiger partial charge is 0.257 e. The molecule has 1 atom stereocenters. The molecule has 0 N–H and O–H groups in total. The molecule has 2 saturated heterocycles. The third-order valence-electron chi connectivity index (χ3n) is 5.55. The molecule has 0 aromatic heterocycles. The molecule has 2 aliphatic rings. The first-order valence-electron chi connectivity index (χ1n) is 9.91. The molecule has 0 aliphatic carbocycles. The molecule has 6 nitrogen and oxygen atoms in total. The van der Waals surface area contributed by atoms with Crippen LogP contribution < -0.4 is 4.74 Å². The van der Waals surface area contributed by atoms with E-state index >= 15 is 0 Å². The van der Waals surface area contributed by atoms with Gasteiger partial charge in [0.25, 0.3) is 5.91 Å². The Morgan fingerprint density at radius 1 is 1.07 bits per heavy atom. The molecule has 0 saturated carbocycles. The second-order valence-corrected chi connectivity index (χ2v) is 9.62. The number of rotatable bonds is 4. The molecule has 2 fully saturated rings. The lowest BCUT2D eigenvalue weighted by molar-refractivity contribution is 0.0679. The average Bonchev–Trinajstić information content (AvgIpc) is 2.97. The molecule has 0 bridgehead atoms. The first-order chi connectivity index (χ1) is 12.9. The Hall–Kier alpha value is -1.60. The van der Waals surface area contributed by atoms with Crippen molar-refractivity contribution in [2.24, 2.45) is 5.92 Å². The van der Waals surface area contributed by atoms with Crippen LogP contribution in [0.3, 0.4) is 0 Å². The number of methoxy groups -OCH3 is 1. The van der Waals surface area contributed by atoms with Crippen molar-refractivity contribution in [1.82, 2.24) is 9.21 Å². The van der Waals surface area contributed by atoms with Gasteiger partial charge in [-0.3, -0.25) is 4.79 Å². The molecular weight excluding hydrogens is 364 g/mol. The average molecular weight is 395 g/mol. The van der Waals surface area contributed by atoms with Gasteiger partial charge in [0.1, 0.15) is 5.75 Å². The zero-order valence-corrected chi connectivity index (χ0v) is 17.1. The van der Waals surface area contributed by atoms with Crippen molar-refractivity contribution in [3.05, 3.63) is 23.8 Å². The highest BCUT2D eigenvalue weighted by atomic mass is 32.2. The molecule has 27 heavy (non-hydrogen) atoms. The number of ether oxygens (including phenoxy) is 1. The van der Waals surface area contributed by atoms with Gasteiger partial charge in [-0.2, -0.15) is 4.31 Å². The Kier molecular flexibility index (Phi) is 6.42. The highest BCUT2D eigenvalue weighted by Crippen LogP contribution is 2.28. The third kappa shape index (κ3) is 4.46. The summed E-state index contributed by atoms with van der Waals surface area (Å²) in [6.45, 7) is 4.62. The van der Waals surface area contributed by atoms with Crippen LogP contribution in [0.1, 0.15) is 55.8 Å². The van der Waals surface area contributed by atoms with Gasteiger partial charge < -0.3 is 9.64 Å². The van der Waals surface area contributed by atoms with E-state index in [0.29, 0.717) is 43.4 Å². The van der Waals surface area contributed by atoms with Gasteiger partial charge in [-0.1, -0.05) is 19.8 Å². The second kappa shape index (κ2) is 8.61. The summed E-state index contributed by atoms with van der Waals surface area (Å²) in [6.07, 6.45) is 5.97. The van der Waals surface area contributed by atoms with E-state index in [1.165, 1.54) is 13.2 Å². The van der Waals surface area contributed by atoms with Crippen LogP contribution in [0.2, 0.25) is 0 Å². The van der Waals surface area contributed by atoms with Gasteiger partial charge in [0, 0.05) is 26.2 Å². The van der Waals surface area contributed by atoms with Crippen LogP contribution in [-0.4, -0.2) is 56.8 Å². The van der Waals surface area contributed by atoms with Gasteiger partial charge in [0.05, 0.1) is 17.6 Å². The maximum Gasteiger partial charge on any atom is 0.257 e. The maximum absolute atomic E-state index is 13.1. The Morgan fingerprint density at radius 3 is 2.41 bits per heavy atom. The normalized spacial score (nSPS) is 22.3. The summed E-state index contributed by atoms with van der Waals surface area (Å²) in [6, 6.07) is 4.65. The number of carbonyl (C=O) groups excluding carboxylic acids is 1. The third-order valence-corrected chi connectivity index (χ3v) is 7.44. The minimum Gasteiger partial charge on any atom is -0.496 e. The lowest BCUT2D eigenvalue weighted by Crippen LogP contribution is -2.39. The molecule has 2 aliphatic heterocycles. The predicted octanol–water partition coefficient (Wildman–Crippen LogP) is 3.13. The molecular formula is C20H30N2O4S. The van der Waals surface area contributed by atoms with Crippen LogP contribution in [0.25, 0.3) is 0 Å². The number of hydrogen-bond acceptors (Lipinski definition) is 4. The Morgan fingerprint density at radius 2 is 1.78 bits per heavy atom. The van der Waals surface area contributed by atoms with Crippen molar-refractivity contribution in [2.75, 3.05) is 33.3 Å². The summed E-state index contributed by atoms with van der Waals surface area (Å²) in [7, 11) is -2.09. The van der Waals surface area contributed by atoms with Gasteiger partial charge in [-0.15, -0.1) is 0 Å². The van der Waals surface area contributed by atoms with E-state index < -0.39 is 10.0 Å². The Balaban J connectivity index is 1.91. The van der Waals surface area contributed by atoms with Crippen LogP contribution in [0.5, 0.6) is 5.75 Å². The molecule has 0 unspecified atom stereocenters. The fourth-order valence-corrected chi connectivity index (χ4v) is 5.53. The van der Waals surface area contributed by atoms with Gasteiger partial charge in [-0.25, -0.2) is 8.42 Å². The lowest BCUT2D eigenvalue weighted by Gasteiger charge is -2.31. The van der Waals surface area contributed by atoms with Gasteiger partial charge in [0.15, 0.2) is 0 Å². The maximum atomic E-state index is 13.1. The number of sulfonamides is 1. The number of hydrogen-bond donors (Lipinski definition) is 0. The second-order valence-electron chi connectivity index (χ2n) is 7.68. The van der Waals surface area contributed by atoms with E-state index in [0.717, 1.165) is 38.5 Å². The van der Waals surface area contributed by atoms with Gasteiger partial charge in [-0.05, 0) is 49.8 Å². The van der Waals surface area contributed by atoms with E-state index in [4.69, 9.17) is 4.74 Å². The van der Waals surface area contributed by atoms with Gasteiger partial charge >= 0.3 is 0 Å². The quantitative estimate of drug-likeness (QED) is 0.787. The van der Waals surface area contributed by atoms with Crippen molar-refractivity contribution < 1.29 is 17.9 Å². The zero-order chi connectivity index (χ0) is 19.4. The fraction of sp³-hybridized carbons (Fsp3) is 0.650. The SMILES string of the molecule is COc1ccc(S(=O)(=O)N2CCCCCC2)cc1C(=O)N1CCC[C@H](C)C1. The van der Waals surface area contributed by atoms with Crippen molar-refractivity contribution in [3.63, 3.8) is 0 Å². The first kappa shape index (κ1) is 20.1. The predicted molar refractivity (Wildman–Crippen MR) is 105 cm³/mol. The summed E-state index contributed by atoms with van der Waals surface area (Å²) in [5, 5.41) is 0. The van der Waals surface area contributed by atoms with Crippen LogP contribution in [0.4, 0.5) is 0 Å². The molecule has 7 heteroatoms. The molecule has 3 rings (SSSR count). The van der Waals surface area contributed by atoms with E-state index in [1.807, 2.05) is 4.90 Å². The summed E-state index contributed by atoms with van der Waals surface area (Å²) >= 11 is 0. The Bertz CT molecular complexity index is 770. The summed E-state index contributed by atoms with van der Waals surface area (Å²) < 4.78 is 33.1. The van der Waals surface area contributed by atoms with Crippen molar-refractivity contribution in [2.45, 2.75) is 50.3 Å². The van der Waals surface area contributed by atoms with Crippen molar-refractivity contribution in [3.8, 4) is 5.75 Å². The number of likely N-dealkylation sites (tertiary alicyclic amines) is 1. The largest absolute Gasteiger partial charge is 0.496 e. The number of amides is 1. The Labute approximate surface area is 162 Å². The molecule has 150 valence electrons. The number of benzene rings is 1. The number of nitrogens with zero attached hydrogens (tertiary/aromatic N) is 2. The van der Waals surface area contributed by atoms with Crippen molar-refractivity contribution >= 4 is 15.9 Å². The summed E-state index contributed by atoms with van der Waals surface area (Å²) in [4.78, 5) is 15.1. The zero-order valence-electron chi connectivity index (χ0n) is 16.3. The highest BCUT2D eigenvalue weighted by Gasteiger charge is 2.29. The monoisotopic (exact) mass is 394 g/mol. The van der Waals surface area contributed by atoms with Crippen LogP contribution >= 0.6 is 0 Å². The lowest BCUT2D eigenvalue weighted by atomic mass is 9.99. The summed E-state index contributed by atoms with van der Waals surface area (Å²) in [5.74, 6) is 0.733. The van der Waals surface area contributed by atoms with Gasteiger partial charge in [0.2, 0.25) is 10.0 Å². The molecule has 1 aromatic rings. The molecule has 2 heterocycles. The topological polar surface area (TPSA) is 66.9 Å². The number of piperidine rings is 1. The van der Waals surface area contributed by atoms with E-state index in [1.54, 1.807) is 16.4 Å². The standard InChI is InChI=1S/C20H30N2O4S/c1-16-8-7-11-21(15-16)20(23)18-14-17(9-10-19(18)26-2)27(24,25)22-12-5-3-4-6-13-22/h9-10,14,16H,3-8,11-13,15H2,1-2H3/t16-/m0/s1. The fourth-order valence-electron chi connectivity index (χ4n) is 3.99.